The van der Waals surface area contributed by atoms with Crippen molar-refractivity contribution < 1.29 is 23.0 Å². The summed E-state index contributed by atoms with van der Waals surface area (Å²) < 4.78 is 42.9. The van der Waals surface area contributed by atoms with Gasteiger partial charge in [-0.05, 0) is 23.8 Å². The van der Waals surface area contributed by atoms with E-state index in [0.29, 0.717) is 5.56 Å². The van der Waals surface area contributed by atoms with E-state index in [4.69, 9.17) is 15.1 Å². The number of nitrogens with zero attached hydrogens (tertiary/aromatic N) is 2. The monoisotopic (exact) mass is 294 g/mol. The van der Waals surface area contributed by atoms with Crippen LogP contribution >= 0.6 is 0 Å². The van der Waals surface area contributed by atoms with Crippen LogP contribution in [-0.2, 0) is 12.8 Å². The van der Waals surface area contributed by atoms with Gasteiger partial charge in [0.2, 0.25) is 5.88 Å². The molecule has 1 heterocycles. The number of aliphatic hydroxyl groups excluding tert-OH is 1. The Morgan fingerprint density at radius 1 is 1.24 bits per heavy atom. The van der Waals surface area contributed by atoms with Gasteiger partial charge in [-0.1, -0.05) is 12.1 Å². The summed E-state index contributed by atoms with van der Waals surface area (Å²) in [6.07, 6.45) is -4.57. The lowest BCUT2D eigenvalue weighted by atomic mass is 10.1. The molecule has 0 aliphatic rings. The second-order valence-corrected chi connectivity index (χ2v) is 4.06. The highest BCUT2D eigenvalue weighted by molar-refractivity contribution is 5.46. The first-order valence-corrected chi connectivity index (χ1v) is 5.80. The summed E-state index contributed by atoms with van der Waals surface area (Å²) >= 11 is 0. The minimum Gasteiger partial charge on any atom is -0.438 e. The number of hydrogen-bond acceptors (Lipinski definition) is 4. The van der Waals surface area contributed by atoms with Crippen molar-refractivity contribution in [3.63, 3.8) is 0 Å². The Balaban J connectivity index is 2.33. The van der Waals surface area contributed by atoms with Crippen molar-refractivity contribution in [3.05, 3.63) is 53.2 Å². The third kappa shape index (κ3) is 3.49. The predicted octanol–water partition coefficient (Wildman–Crippen LogP) is 3.26. The van der Waals surface area contributed by atoms with Gasteiger partial charge in [0.1, 0.15) is 17.5 Å². The van der Waals surface area contributed by atoms with Crippen LogP contribution in [0.25, 0.3) is 0 Å². The summed E-state index contributed by atoms with van der Waals surface area (Å²) in [5.74, 6) is -0.195. The molecule has 0 unspecified atom stereocenters. The van der Waals surface area contributed by atoms with Crippen LogP contribution in [0.5, 0.6) is 11.6 Å². The summed E-state index contributed by atoms with van der Waals surface area (Å²) in [6, 6.07) is 9.39. The number of ether oxygens (including phenoxy) is 1. The third-order valence-corrected chi connectivity index (χ3v) is 2.58. The van der Waals surface area contributed by atoms with E-state index in [9.17, 15) is 13.2 Å². The molecular formula is C14H9F3N2O2. The lowest BCUT2D eigenvalue weighted by Gasteiger charge is -2.10. The van der Waals surface area contributed by atoms with Crippen molar-refractivity contribution in [1.82, 2.24) is 4.98 Å². The number of nitriles is 1. The molecule has 1 aromatic carbocycles. The molecule has 0 saturated heterocycles. The van der Waals surface area contributed by atoms with Crippen LogP contribution in [0.4, 0.5) is 13.2 Å². The fraction of sp³-hybridized carbons (Fsp3) is 0.143. The van der Waals surface area contributed by atoms with Crippen LogP contribution in [0.2, 0.25) is 0 Å². The van der Waals surface area contributed by atoms with Crippen LogP contribution in [0.1, 0.15) is 16.8 Å². The first kappa shape index (κ1) is 14.8. The van der Waals surface area contributed by atoms with E-state index < -0.39 is 11.9 Å². The smallest absolute Gasteiger partial charge is 0.433 e. The van der Waals surface area contributed by atoms with Gasteiger partial charge in [-0.3, -0.25) is 0 Å². The van der Waals surface area contributed by atoms with Gasteiger partial charge < -0.3 is 9.84 Å². The molecule has 0 spiro atoms. The largest absolute Gasteiger partial charge is 0.438 e. The zero-order valence-corrected chi connectivity index (χ0v) is 10.6. The standard InChI is InChI=1S/C14H9F3N2O2/c15-14(16,17)12-2-1-3-13(19-12)21-11-5-4-9(8-20)6-10(11)7-18/h1-6,20H,8H2. The molecule has 1 N–H and O–H groups in total. The topological polar surface area (TPSA) is 66.1 Å². The van der Waals surface area contributed by atoms with Gasteiger partial charge in [0, 0.05) is 6.07 Å². The Hall–Kier alpha value is -2.59. The molecule has 0 amide bonds. The fourth-order valence-corrected chi connectivity index (χ4v) is 1.59. The van der Waals surface area contributed by atoms with Crippen molar-refractivity contribution in [3.8, 4) is 17.7 Å². The Morgan fingerprint density at radius 3 is 2.62 bits per heavy atom. The summed E-state index contributed by atoms with van der Waals surface area (Å²) in [7, 11) is 0. The van der Waals surface area contributed by atoms with Crippen LogP contribution < -0.4 is 4.74 Å². The molecule has 2 rings (SSSR count). The maximum absolute atomic E-state index is 12.6. The number of halogens is 3. The highest BCUT2D eigenvalue weighted by Crippen LogP contribution is 2.30. The van der Waals surface area contributed by atoms with Gasteiger partial charge in [-0.25, -0.2) is 4.98 Å². The molecule has 0 bridgehead atoms. The summed E-state index contributed by atoms with van der Waals surface area (Å²) in [6.45, 7) is -0.253. The maximum atomic E-state index is 12.6. The van der Waals surface area contributed by atoms with Gasteiger partial charge in [0.25, 0.3) is 0 Å². The van der Waals surface area contributed by atoms with Crippen LogP contribution in [-0.4, -0.2) is 10.1 Å². The lowest BCUT2D eigenvalue weighted by molar-refractivity contribution is -0.141. The van der Waals surface area contributed by atoms with Crippen molar-refractivity contribution >= 4 is 0 Å². The maximum Gasteiger partial charge on any atom is 0.433 e. The molecule has 0 radical (unpaired) electrons. The highest BCUT2D eigenvalue weighted by atomic mass is 19.4. The number of pyridine rings is 1. The van der Waals surface area contributed by atoms with E-state index >= 15 is 0 Å². The number of hydrogen-bond donors (Lipinski definition) is 1. The first-order chi connectivity index (χ1) is 9.94. The third-order valence-electron chi connectivity index (χ3n) is 2.58. The van der Waals surface area contributed by atoms with E-state index in [1.165, 1.54) is 30.3 Å². The number of aliphatic hydroxyl groups is 1. The lowest BCUT2D eigenvalue weighted by Crippen LogP contribution is -2.08. The molecule has 0 atom stereocenters. The van der Waals surface area contributed by atoms with Crippen molar-refractivity contribution in [1.29, 1.82) is 5.26 Å². The Bertz CT molecular complexity index is 693. The van der Waals surface area contributed by atoms with Gasteiger partial charge in [-0.15, -0.1) is 0 Å². The first-order valence-electron chi connectivity index (χ1n) is 5.80. The van der Waals surface area contributed by atoms with Gasteiger partial charge >= 0.3 is 6.18 Å². The van der Waals surface area contributed by atoms with Crippen molar-refractivity contribution in [2.45, 2.75) is 12.8 Å². The fourth-order valence-electron chi connectivity index (χ4n) is 1.59. The molecular weight excluding hydrogens is 285 g/mol. The minimum absolute atomic E-state index is 0.0709. The van der Waals surface area contributed by atoms with Crippen LogP contribution in [0.15, 0.2) is 36.4 Å². The van der Waals surface area contributed by atoms with Crippen LogP contribution in [0.3, 0.4) is 0 Å². The molecule has 4 nitrogen and oxygen atoms in total. The van der Waals surface area contributed by atoms with Gasteiger partial charge in [0.05, 0.1) is 12.2 Å². The molecule has 0 aliphatic heterocycles. The number of alkyl halides is 3. The van der Waals surface area contributed by atoms with E-state index in [1.807, 2.05) is 6.07 Å². The summed E-state index contributed by atoms with van der Waals surface area (Å²) in [5.41, 5.74) is -0.484. The molecule has 0 aliphatic carbocycles. The molecule has 0 saturated carbocycles. The van der Waals surface area contributed by atoms with Crippen molar-refractivity contribution in [2.24, 2.45) is 0 Å². The van der Waals surface area contributed by atoms with Gasteiger partial charge in [-0.2, -0.15) is 18.4 Å². The predicted molar refractivity (Wildman–Crippen MR) is 66.4 cm³/mol. The number of aromatic nitrogens is 1. The molecule has 2 aromatic rings. The summed E-state index contributed by atoms with van der Waals surface area (Å²) in [4.78, 5) is 3.35. The quantitative estimate of drug-likeness (QED) is 0.943. The van der Waals surface area contributed by atoms with Gasteiger partial charge in [0.15, 0.2) is 0 Å². The average Bonchev–Trinajstić information content (AvgIpc) is 2.47. The highest BCUT2D eigenvalue weighted by Gasteiger charge is 2.32. The second-order valence-electron chi connectivity index (χ2n) is 4.06. The van der Waals surface area contributed by atoms with E-state index in [0.717, 1.165) is 6.07 Å². The molecule has 108 valence electrons. The van der Waals surface area contributed by atoms with Crippen molar-refractivity contribution in [2.75, 3.05) is 0 Å². The van der Waals surface area contributed by atoms with E-state index in [1.54, 1.807) is 0 Å². The van der Waals surface area contributed by atoms with Crippen LogP contribution in [0, 0.1) is 11.3 Å². The Kier molecular flexibility index (Phi) is 4.10. The van der Waals surface area contributed by atoms with E-state index in [2.05, 4.69) is 4.98 Å². The zero-order valence-electron chi connectivity index (χ0n) is 10.6. The SMILES string of the molecule is N#Cc1cc(CO)ccc1Oc1cccc(C(F)(F)F)n1. The molecule has 1 aromatic heterocycles. The normalized spacial score (nSPS) is 11.0. The Labute approximate surface area is 118 Å². The number of benzene rings is 1. The molecule has 7 heteroatoms. The zero-order chi connectivity index (χ0) is 15.5. The van der Waals surface area contributed by atoms with E-state index in [-0.39, 0.29) is 23.8 Å². The Morgan fingerprint density at radius 2 is 2.00 bits per heavy atom. The average molecular weight is 294 g/mol. The minimum atomic E-state index is -4.57. The molecule has 21 heavy (non-hydrogen) atoms. The number of rotatable bonds is 3. The summed E-state index contributed by atoms with van der Waals surface area (Å²) in [5, 5.41) is 18.0. The second kappa shape index (κ2) is 5.81. The molecule has 0 fully saturated rings.